The van der Waals surface area contributed by atoms with Crippen molar-refractivity contribution in [3.8, 4) is 0 Å². The van der Waals surface area contributed by atoms with Crippen LogP contribution in [0, 0.1) is 0 Å². The van der Waals surface area contributed by atoms with Crippen molar-refractivity contribution in [3.63, 3.8) is 0 Å². The first-order chi connectivity index (χ1) is 12.9. The molecule has 142 valence electrons. The Hall–Kier alpha value is -3.00. The van der Waals surface area contributed by atoms with Gasteiger partial charge in [-0.2, -0.15) is 0 Å². The molecule has 0 amide bonds. The van der Waals surface area contributed by atoms with Crippen LogP contribution in [-0.4, -0.2) is 36.8 Å². The molecule has 8 heteroatoms. The molecule has 0 aliphatic heterocycles. The topological polar surface area (TPSA) is 105 Å². The maximum absolute atomic E-state index is 12.9. The second-order valence-corrected chi connectivity index (χ2v) is 6.94. The molecule has 3 rings (SSSR count). The Bertz CT molecular complexity index is 985. The molecule has 0 fully saturated rings. The lowest BCUT2D eigenvalue weighted by Crippen LogP contribution is -2.31. The van der Waals surface area contributed by atoms with Crippen molar-refractivity contribution < 1.29 is 5.11 Å². The van der Waals surface area contributed by atoms with Crippen LogP contribution in [0.15, 0.2) is 41.7 Å². The van der Waals surface area contributed by atoms with E-state index in [1.54, 1.807) is 30.9 Å². The van der Waals surface area contributed by atoms with Crippen LogP contribution in [0.4, 0.5) is 17.5 Å². The van der Waals surface area contributed by atoms with Gasteiger partial charge in [-0.15, -0.1) is 0 Å². The van der Waals surface area contributed by atoms with Gasteiger partial charge in [0.25, 0.3) is 5.56 Å². The van der Waals surface area contributed by atoms with Crippen LogP contribution in [0.5, 0.6) is 0 Å². The number of pyridine rings is 2. The molecule has 0 atom stereocenters. The fourth-order valence-corrected chi connectivity index (χ4v) is 2.64. The number of aliphatic hydroxyl groups excluding tert-OH is 1. The van der Waals surface area contributed by atoms with E-state index in [9.17, 15) is 9.90 Å². The Morgan fingerprint density at radius 2 is 2.07 bits per heavy atom. The first kappa shape index (κ1) is 18.8. The molecule has 0 saturated carbocycles. The minimum absolute atomic E-state index is 0.103. The van der Waals surface area contributed by atoms with E-state index in [4.69, 9.17) is 0 Å². The molecule has 27 heavy (non-hydrogen) atoms. The minimum atomic E-state index is -0.241. The Labute approximate surface area is 157 Å². The van der Waals surface area contributed by atoms with E-state index >= 15 is 0 Å². The molecule has 8 nitrogen and oxygen atoms in total. The zero-order valence-electron chi connectivity index (χ0n) is 15.7. The second-order valence-electron chi connectivity index (χ2n) is 6.94. The summed E-state index contributed by atoms with van der Waals surface area (Å²) in [5, 5.41) is 17.0. The molecule has 0 spiro atoms. The molecule has 3 aromatic heterocycles. The van der Waals surface area contributed by atoms with Gasteiger partial charge < -0.3 is 20.3 Å². The van der Waals surface area contributed by atoms with Gasteiger partial charge in [0.15, 0.2) is 0 Å². The maximum atomic E-state index is 12.9. The highest BCUT2D eigenvalue weighted by Gasteiger charge is 2.19. The highest BCUT2D eigenvalue weighted by atomic mass is 16.3. The van der Waals surface area contributed by atoms with E-state index in [2.05, 4.69) is 46.4 Å². The Balaban J connectivity index is 2.15. The van der Waals surface area contributed by atoms with Crippen molar-refractivity contribution in [2.24, 2.45) is 0 Å². The molecular weight excluding hydrogens is 344 g/mol. The third-order valence-corrected chi connectivity index (χ3v) is 4.46. The van der Waals surface area contributed by atoms with E-state index in [1.807, 2.05) is 6.07 Å². The smallest absolute Gasteiger partial charge is 0.262 e. The summed E-state index contributed by atoms with van der Waals surface area (Å²) < 4.78 is 1.49. The molecule has 0 aliphatic carbocycles. The average molecular weight is 368 g/mol. The SMILES string of the molecule is CCC(C)(C)Nc1nc(Nc2cnccn2)cc2ccn(CCO)c(=O)c12. The van der Waals surface area contributed by atoms with Crippen LogP contribution < -0.4 is 16.2 Å². The molecule has 0 unspecified atom stereocenters. The number of anilines is 3. The number of aliphatic hydroxyl groups is 1. The van der Waals surface area contributed by atoms with Crippen molar-refractivity contribution in [3.05, 3.63) is 47.3 Å². The van der Waals surface area contributed by atoms with E-state index in [-0.39, 0.29) is 24.2 Å². The first-order valence-corrected chi connectivity index (χ1v) is 8.90. The summed E-state index contributed by atoms with van der Waals surface area (Å²) in [4.78, 5) is 25.8. The zero-order chi connectivity index (χ0) is 19.4. The lowest BCUT2D eigenvalue weighted by Gasteiger charge is -2.26. The minimum Gasteiger partial charge on any atom is -0.395 e. The number of rotatable bonds is 7. The van der Waals surface area contributed by atoms with E-state index in [1.165, 1.54) is 4.57 Å². The lowest BCUT2D eigenvalue weighted by atomic mass is 10.0. The fraction of sp³-hybridized carbons (Fsp3) is 0.368. The summed E-state index contributed by atoms with van der Waals surface area (Å²) in [6.45, 7) is 6.32. The largest absolute Gasteiger partial charge is 0.395 e. The lowest BCUT2D eigenvalue weighted by molar-refractivity contribution is 0.274. The predicted octanol–water partition coefficient (Wildman–Crippen LogP) is 2.52. The van der Waals surface area contributed by atoms with Crippen LogP contribution in [0.25, 0.3) is 10.8 Å². The van der Waals surface area contributed by atoms with Crippen molar-refractivity contribution >= 4 is 28.2 Å². The summed E-state index contributed by atoms with van der Waals surface area (Å²) >= 11 is 0. The van der Waals surface area contributed by atoms with E-state index < -0.39 is 0 Å². The van der Waals surface area contributed by atoms with Gasteiger partial charge in [0, 0.05) is 30.7 Å². The first-order valence-electron chi connectivity index (χ1n) is 8.90. The normalized spacial score (nSPS) is 11.6. The van der Waals surface area contributed by atoms with Gasteiger partial charge in [0.05, 0.1) is 18.2 Å². The predicted molar refractivity (Wildman–Crippen MR) is 106 cm³/mol. The molecule has 3 heterocycles. The molecule has 0 bridgehead atoms. The highest BCUT2D eigenvalue weighted by Crippen LogP contribution is 2.26. The number of nitrogens with one attached hydrogen (secondary N) is 2. The van der Waals surface area contributed by atoms with Crippen molar-refractivity contribution in [2.75, 3.05) is 17.2 Å². The molecular formula is C19H24N6O2. The molecule has 0 aliphatic rings. The summed E-state index contributed by atoms with van der Waals surface area (Å²) in [5.41, 5.74) is -0.427. The fourth-order valence-electron chi connectivity index (χ4n) is 2.64. The van der Waals surface area contributed by atoms with E-state index in [0.29, 0.717) is 22.8 Å². The third kappa shape index (κ3) is 4.22. The number of hydrogen-bond acceptors (Lipinski definition) is 7. The maximum Gasteiger partial charge on any atom is 0.262 e. The van der Waals surface area contributed by atoms with Gasteiger partial charge in [-0.05, 0) is 37.8 Å². The number of aromatic nitrogens is 4. The van der Waals surface area contributed by atoms with Crippen LogP contribution in [0.2, 0.25) is 0 Å². The average Bonchev–Trinajstić information content (AvgIpc) is 2.64. The van der Waals surface area contributed by atoms with Gasteiger partial charge in [-0.25, -0.2) is 9.97 Å². The van der Waals surface area contributed by atoms with E-state index in [0.717, 1.165) is 11.8 Å². The summed E-state index contributed by atoms with van der Waals surface area (Å²) in [5.74, 6) is 1.64. The van der Waals surface area contributed by atoms with Crippen molar-refractivity contribution in [1.29, 1.82) is 0 Å². The molecule has 3 aromatic rings. The number of fused-ring (bicyclic) bond motifs is 1. The molecule has 3 N–H and O–H groups in total. The van der Waals surface area contributed by atoms with Gasteiger partial charge in [-0.1, -0.05) is 6.92 Å². The summed E-state index contributed by atoms with van der Waals surface area (Å²) in [6, 6.07) is 3.65. The van der Waals surface area contributed by atoms with Crippen LogP contribution in [0.3, 0.4) is 0 Å². The standard InChI is InChI=1S/C19H24N6O2/c1-4-19(2,3)24-17-16-13(5-8-25(9-10-26)18(16)27)11-14(23-17)22-15-12-20-6-7-21-15/h5-8,11-12,26H,4,9-10H2,1-3H3,(H2,21,22,23,24). The quantitative estimate of drug-likeness (QED) is 0.588. The van der Waals surface area contributed by atoms with Crippen LogP contribution in [-0.2, 0) is 6.54 Å². The monoisotopic (exact) mass is 368 g/mol. The van der Waals surface area contributed by atoms with Gasteiger partial charge in [0.2, 0.25) is 0 Å². The van der Waals surface area contributed by atoms with Crippen LogP contribution >= 0.6 is 0 Å². The Morgan fingerprint density at radius 1 is 1.26 bits per heavy atom. The summed E-state index contributed by atoms with van der Waals surface area (Å²) in [7, 11) is 0. The zero-order valence-corrected chi connectivity index (χ0v) is 15.7. The van der Waals surface area contributed by atoms with Crippen molar-refractivity contribution in [2.45, 2.75) is 39.3 Å². The third-order valence-electron chi connectivity index (χ3n) is 4.46. The van der Waals surface area contributed by atoms with Gasteiger partial charge >= 0.3 is 0 Å². The van der Waals surface area contributed by atoms with Gasteiger partial charge in [0.1, 0.15) is 17.5 Å². The van der Waals surface area contributed by atoms with Gasteiger partial charge in [-0.3, -0.25) is 9.78 Å². The van der Waals surface area contributed by atoms with Crippen molar-refractivity contribution in [1.82, 2.24) is 19.5 Å². The second kappa shape index (κ2) is 7.71. The van der Waals surface area contributed by atoms with Crippen LogP contribution in [0.1, 0.15) is 27.2 Å². The summed E-state index contributed by atoms with van der Waals surface area (Å²) in [6.07, 6.45) is 7.33. The number of nitrogens with zero attached hydrogens (tertiary/aromatic N) is 4. The Morgan fingerprint density at radius 3 is 2.74 bits per heavy atom. The highest BCUT2D eigenvalue weighted by molar-refractivity contribution is 5.93. The number of hydrogen-bond donors (Lipinski definition) is 3. The molecule has 0 aromatic carbocycles. The molecule has 0 saturated heterocycles. The molecule has 0 radical (unpaired) electrons. The Kier molecular flexibility index (Phi) is 5.36.